The van der Waals surface area contributed by atoms with Crippen LogP contribution in [-0.4, -0.2) is 38.7 Å². The number of aromatic nitrogens is 4. The third-order valence-electron chi connectivity index (χ3n) is 4.66. The van der Waals surface area contributed by atoms with Crippen LogP contribution in [0.2, 0.25) is 0 Å². The Morgan fingerprint density at radius 2 is 1.84 bits per heavy atom. The lowest BCUT2D eigenvalue weighted by Gasteiger charge is -2.18. The molecular weight excluding hydrogens is 426 g/mol. The van der Waals surface area contributed by atoms with Crippen molar-refractivity contribution in [1.82, 2.24) is 25.5 Å². The van der Waals surface area contributed by atoms with Gasteiger partial charge in [-0.15, -0.1) is 21.5 Å². The second-order valence-corrected chi connectivity index (χ2v) is 8.08. The highest BCUT2D eigenvalue weighted by atomic mass is 32.1. The number of nitrogens with zero attached hydrogens (tertiary/aromatic N) is 4. The molecule has 32 heavy (non-hydrogen) atoms. The zero-order valence-electron chi connectivity index (χ0n) is 17.3. The van der Waals surface area contributed by atoms with E-state index in [9.17, 15) is 9.59 Å². The Morgan fingerprint density at radius 3 is 2.56 bits per heavy atom. The molecule has 0 saturated heterocycles. The molecule has 0 bridgehead atoms. The Hall–Kier alpha value is -3.85. The molecule has 0 saturated carbocycles. The summed E-state index contributed by atoms with van der Waals surface area (Å²) in [7, 11) is 0. The number of benzene rings is 2. The fourth-order valence-corrected chi connectivity index (χ4v) is 3.86. The van der Waals surface area contributed by atoms with Crippen LogP contribution >= 0.6 is 11.3 Å². The van der Waals surface area contributed by atoms with Crippen LogP contribution in [0.25, 0.3) is 11.4 Å². The summed E-state index contributed by atoms with van der Waals surface area (Å²) in [6, 6.07) is 20.9. The Balaban J connectivity index is 1.32. The van der Waals surface area contributed by atoms with E-state index in [-0.39, 0.29) is 12.6 Å². The highest BCUT2D eigenvalue weighted by molar-refractivity contribution is 7.10. The van der Waals surface area contributed by atoms with Crippen molar-refractivity contribution in [2.24, 2.45) is 0 Å². The summed E-state index contributed by atoms with van der Waals surface area (Å²) in [4.78, 5) is 26.8. The van der Waals surface area contributed by atoms with E-state index in [1.54, 1.807) is 11.3 Å². The van der Waals surface area contributed by atoms with Crippen LogP contribution in [0.4, 0.5) is 0 Å². The van der Waals surface area contributed by atoms with Gasteiger partial charge in [0, 0.05) is 10.4 Å². The molecule has 1 N–H and O–H groups in total. The van der Waals surface area contributed by atoms with Gasteiger partial charge in [0.1, 0.15) is 0 Å². The van der Waals surface area contributed by atoms with E-state index < -0.39 is 18.5 Å². The number of tetrazole rings is 1. The van der Waals surface area contributed by atoms with Gasteiger partial charge < -0.3 is 10.1 Å². The van der Waals surface area contributed by atoms with Crippen LogP contribution in [0.1, 0.15) is 22.0 Å². The number of rotatable bonds is 8. The quantitative estimate of drug-likeness (QED) is 0.417. The Labute approximate surface area is 188 Å². The molecular formula is C23H21N5O3S. The normalized spacial score (nSPS) is 11.7. The van der Waals surface area contributed by atoms with Crippen LogP contribution in [0.5, 0.6) is 0 Å². The number of thiophene rings is 1. The average Bonchev–Trinajstić information content (AvgIpc) is 3.50. The smallest absolute Gasteiger partial charge is 0.330 e. The van der Waals surface area contributed by atoms with Crippen LogP contribution in [-0.2, 0) is 20.9 Å². The van der Waals surface area contributed by atoms with Crippen molar-refractivity contribution in [2.75, 3.05) is 6.61 Å². The number of ether oxygens (including phenoxy) is 1. The van der Waals surface area contributed by atoms with Gasteiger partial charge in [-0.1, -0.05) is 66.2 Å². The number of esters is 1. The molecule has 0 aliphatic heterocycles. The van der Waals surface area contributed by atoms with Gasteiger partial charge in [-0.25, -0.2) is 4.79 Å². The fourth-order valence-electron chi connectivity index (χ4n) is 3.06. The van der Waals surface area contributed by atoms with E-state index in [2.05, 4.69) is 20.7 Å². The second kappa shape index (κ2) is 9.97. The maximum Gasteiger partial charge on any atom is 0.330 e. The lowest BCUT2D eigenvalue weighted by atomic mass is 10.1. The largest absolute Gasteiger partial charge is 0.454 e. The summed E-state index contributed by atoms with van der Waals surface area (Å²) < 4.78 is 5.12. The second-order valence-electron chi connectivity index (χ2n) is 7.10. The van der Waals surface area contributed by atoms with Gasteiger partial charge in [0.2, 0.25) is 5.82 Å². The van der Waals surface area contributed by atoms with E-state index in [1.165, 1.54) is 0 Å². The van der Waals surface area contributed by atoms with Crippen molar-refractivity contribution < 1.29 is 14.3 Å². The van der Waals surface area contributed by atoms with Gasteiger partial charge in [-0.2, -0.15) is 4.80 Å². The SMILES string of the molecule is Cc1ccc(-c2nnn(CC(=O)OCC(=O)NC(c3ccccc3)c3cccs3)n2)cc1. The monoisotopic (exact) mass is 447 g/mol. The molecule has 1 amide bonds. The number of carbonyl (C=O) groups excluding carboxylic acids is 2. The van der Waals surface area contributed by atoms with Crippen LogP contribution in [0.15, 0.2) is 72.1 Å². The molecule has 162 valence electrons. The van der Waals surface area contributed by atoms with Crippen molar-refractivity contribution in [3.8, 4) is 11.4 Å². The Bertz CT molecular complexity index is 1170. The lowest BCUT2D eigenvalue weighted by Crippen LogP contribution is -2.33. The van der Waals surface area contributed by atoms with Gasteiger partial charge in [0.15, 0.2) is 13.2 Å². The standard InChI is InChI=1S/C23H21N5O3S/c1-16-9-11-18(12-10-16)23-25-27-28(26-23)14-21(30)31-15-20(29)24-22(19-8-5-13-32-19)17-6-3-2-4-7-17/h2-13,22H,14-15H2,1H3,(H,24,29). The minimum Gasteiger partial charge on any atom is -0.454 e. The Morgan fingerprint density at radius 1 is 1.06 bits per heavy atom. The number of hydrogen-bond acceptors (Lipinski definition) is 7. The molecule has 0 aliphatic carbocycles. The maximum absolute atomic E-state index is 12.5. The first-order valence-corrected chi connectivity index (χ1v) is 10.8. The zero-order valence-corrected chi connectivity index (χ0v) is 18.2. The number of carbonyl (C=O) groups is 2. The van der Waals surface area contributed by atoms with Crippen LogP contribution in [0, 0.1) is 6.92 Å². The van der Waals surface area contributed by atoms with E-state index >= 15 is 0 Å². The van der Waals surface area contributed by atoms with Crippen molar-refractivity contribution in [3.63, 3.8) is 0 Å². The van der Waals surface area contributed by atoms with Gasteiger partial charge in [-0.3, -0.25) is 4.79 Å². The molecule has 4 rings (SSSR count). The topological polar surface area (TPSA) is 99.0 Å². The van der Waals surface area contributed by atoms with Crippen LogP contribution in [0.3, 0.4) is 0 Å². The molecule has 2 aromatic heterocycles. The predicted molar refractivity (Wildman–Crippen MR) is 120 cm³/mol. The molecule has 1 atom stereocenters. The van der Waals surface area contributed by atoms with Crippen molar-refractivity contribution >= 4 is 23.2 Å². The minimum absolute atomic E-state index is 0.237. The van der Waals surface area contributed by atoms with Gasteiger partial charge >= 0.3 is 5.97 Å². The van der Waals surface area contributed by atoms with Gasteiger partial charge in [0.25, 0.3) is 5.91 Å². The fraction of sp³-hybridized carbons (Fsp3) is 0.174. The highest BCUT2D eigenvalue weighted by Crippen LogP contribution is 2.25. The molecule has 2 heterocycles. The Kier molecular flexibility index (Phi) is 6.66. The van der Waals surface area contributed by atoms with E-state index in [0.29, 0.717) is 5.82 Å². The van der Waals surface area contributed by atoms with Crippen molar-refractivity contribution in [2.45, 2.75) is 19.5 Å². The average molecular weight is 448 g/mol. The lowest BCUT2D eigenvalue weighted by molar-refractivity contribution is -0.149. The molecule has 0 aliphatic rings. The molecule has 0 spiro atoms. The summed E-state index contributed by atoms with van der Waals surface area (Å²) in [6.07, 6.45) is 0. The van der Waals surface area contributed by atoms with Gasteiger partial charge in [-0.05, 0) is 29.1 Å². The summed E-state index contributed by atoms with van der Waals surface area (Å²) in [5.74, 6) is -0.606. The molecule has 4 aromatic rings. The van der Waals surface area contributed by atoms with Gasteiger partial charge in [0.05, 0.1) is 6.04 Å². The summed E-state index contributed by atoms with van der Waals surface area (Å²) in [5.41, 5.74) is 2.87. The number of hydrogen-bond donors (Lipinski definition) is 1. The zero-order chi connectivity index (χ0) is 22.3. The molecule has 8 nitrogen and oxygen atoms in total. The number of nitrogens with one attached hydrogen (secondary N) is 1. The predicted octanol–water partition coefficient (Wildman–Crippen LogP) is 3.16. The number of aryl methyl sites for hydroxylation is 1. The highest BCUT2D eigenvalue weighted by Gasteiger charge is 2.19. The van der Waals surface area contributed by atoms with E-state index in [0.717, 1.165) is 26.4 Å². The van der Waals surface area contributed by atoms with E-state index in [4.69, 9.17) is 4.74 Å². The van der Waals surface area contributed by atoms with Crippen molar-refractivity contribution in [1.29, 1.82) is 0 Å². The molecule has 0 radical (unpaired) electrons. The minimum atomic E-state index is -0.625. The first-order chi connectivity index (χ1) is 15.6. The first kappa shape index (κ1) is 21.4. The molecule has 9 heteroatoms. The summed E-state index contributed by atoms with van der Waals surface area (Å²) >= 11 is 1.55. The third kappa shape index (κ3) is 5.44. The van der Waals surface area contributed by atoms with E-state index in [1.807, 2.05) is 79.0 Å². The van der Waals surface area contributed by atoms with Crippen molar-refractivity contribution in [3.05, 3.63) is 88.1 Å². The maximum atomic E-state index is 12.5. The first-order valence-electron chi connectivity index (χ1n) is 9.96. The third-order valence-corrected chi connectivity index (χ3v) is 5.60. The molecule has 2 aromatic carbocycles. The van der Waals surface area contributed by atoms with Crippen LogP contribution < -0.4 is 5.32 Å². The molecule has 0 fully saturated rings. The molecule has 1 unspecified atom stereocenters. The number of amides is 1. The summed E-state index contributed by atoms with van der Waals surface area (Å²) in [5, 5.41) is 16.9. The summed E-state index contributed by atoms with van der Waals surface area (Å²) in [6.45, 7) is 1.36.